The molecular weight excluding hydrogens is 417 g/mol. The summed E-state index contributed by atoms with van der Waals surface area (Å²) in [5.41, 5.74) is 1.94. The Labute approximate surface area is 189 Å². The van der Waals surface area contributed by atoms with Crippen LogP contribution in [-0.4, -0.2) is 6.18 Å². The summed E-state index contributed by atoms with van der Waals surface area (Å²) in [5.74, 6) is 0. The van der Waals surface area contributed by atoms with Gasteiger partial charge in [-0.1, -0.05) is 97.1 Å². The van der Waals surface area contributed by atoms with Crippen molar-refractivity contribution in [2.24, 2.45) is 0 Å². The average molecular weight is 438 g/mol. The summed E-state index contributed by atoms with van der Waals surface area (Å²) in [7, 11) is 0. The van der Waals surface area contributed by atoms with Gasteiger partial charge in [0.05, 0.1) is 0 Å². The van der Waals surface area contributed by atoms with Crippen LogP contribution in [0.2, 0.25) is 0 Å². The third-order valence-electron chi connectivity index (χ3n) is 6.09. The van der Waals surface area contributed by atoms with Gasteiger partial charge in [0.1, 0.15) is 0 Å². The molecule has 0 heterocycles. The highest BCUT2D eigenvalue weighted by molar-refractivity contribution is 6.00. The molecule has 5 rings (SSSR count). The smallest absolute Gasteiger partial charge is 0.166 e. The minimum absolute atomic E-state index is 0.202. The molecule has 0 saturated heterocycles. The van der Waals surface area contributed by atoms with Crippen LogP contribution in [0.1, 0.15) is 18.1 Å². The minimum atomic E-state index is -4.43. The summed E-state index contributed by atoms with van der Waals surface area (Å²) in [6, 6.07) is 34.7. The number of benzene rings is 5. The van der Waals surface area contributed by atoms with Crippen LogP contribution in [0.4, 0.5) is 13.2 Å². The lowest BCUT2D eigenvalue weighted by Crippen LogP contribution is -2.34. The largest absolute Gasteiger partial charge is 0.413 e. The standard InChI is InChI=1S/C30H21F3/c1-20(30(31,32)33)26-17-16-25-18-23-14-8-9-15-24(23)19-27(25)29(26)28(21-10-4-2-5-11-21)22-12-6-3-7-13-22/h2-19H,1H3. The molecule has 0 fully saturated rings. The number of halogens is 3. The van der Waals surface area contributed by atoms with E-state index in [2.05, 4.69) is 6.07 Å². The van der Waals surface area contributed by atoms with E-state index in [1.165, 1.54) is 6.92 Å². The lowest BCUT2D eigenvalue weighted by Gasteiger charge is -2.14. The van der Waals surface area contributed by atoms with Crippen molar-refractivity contribution in [1.82, 2.24) is 0 Å². The fraction of sp³-hybridized carbons (Fsp3) is 0.0667. The van der Waals surface area contributed by atoms with E-state index in [0.717, 1.165) is 38.2 Å². The molecule has 33 heavy (non-hydrogen) atoms. The van der Waals surface area contributed by atoms with Gasteiger partial charge in [0.15, 0.2) is 0 Å². The van der Waals surface area contributed by atoms with Crippen LogP contribution in [0.25, 0.3) is 32.7 Å². The zero-order chi connectivity index (χ0) is 23.0. The summed E-state index contributed by atoms with van der Waals surface area (Å²) in [6.45, 7) is 1.17. The van der Waals surface area contributed by atoms with Crippen LogP contribution in [0.3, 0.4) is 0 Å². The number of rotatable bonds is 2. The minimum Gasteiger partial charge on any atom is -0.166 e. The molecular formula is C30H21F3. The lowest BCUT2D eigenvalue weighted by atomic mass is 9.90. The summed E-state index contributed by atoms with van der Waals surface area (Å²) in [4.78, 5) is 0. The third kappa shape index (κ3) is 3.91. The molecule has 0 saturated carbocycles. The summed E-state index contributed by atoms with van der Waals surface area (Å²) < 4.78 is 42.0. The van der Waals surface area contributed by atoms with Gasteiger partial charge in [-0.05, 0) is 67.7 Å². The second kappa shape index (κ2) is 8.25. The molecule has 0 N–H and O–H groups in total. The number of alkyl halides is 3. The van der Waals surface area contributed by atoms with E-state index in [9.17, 15) is 13.2 Å². The fourth-order valence-electron chi connectivity index (χ4n) is 4.41. The van der Waals surface area contributed by atoms with Gasteiger partial charge in [-0.3, -0.25) is 0 Å². The molecule has 0 atom stereocenters. The van der Waals surface area contributed by atoms with Crippen LogP contribution in [0.15, 0.2) is 109 Å². The normalized spacial score (nSPS) is 12.7. The van der Waals surface area contributed by atoms with E-state index in [1.807, 2.05) is 91.0 Å². The van der Waals surface area contributed by atoms with E-state index in [4.69, 9.17) is 0 Å². The molecule has 5 aromatic carbocycles. The van der Waals surface area contributed by atoms with E-state index in [0.29, 0.717) is 5.22 Å². The molecule has 3 heteroatoms. The maximum absolute atomic E-state index is 14.0. The van der Waals surface area contributed by atoms with Crippen molar-refractivity contribution in [3.8, 4) is 0 Å². The van der Waals surface area contributed by atoms with E-state index in [1.54, 1.807) is 12.1 Å². The maximum Gasteiger partial charge on any atom is 0.413 e. The van der Waals surface area contributed by atoms with Gasteiger partial charge in [-0.2, -0.15) is 13.2 Å². The topological polar surface area (TPSA) is 0 Å². The van der Waals surface area contributed by atoms with Crippen molar-refractivity contribution in [3.05, 3.63) is 131 Å². The molecule has 0 unspecified atom stereocenters. The van der Waals surface area contributed by atoms with Crippen LogP contribution < -0.4 is 10.4 Å². The van der Waals surface area contributed by atoms with E-state index >= 15 is 0 Å². The molecule has 0 aliphatic carbocycles. The van der Waals surface area contributed by atoms with Crippen molar-refractivity contribution < 1.29 is 13.2 Å². The van der Waals surface area contributed by atoms with Crippen LogP contribution >= 0.6 is 0 Å². The molecule has 0 radical (unpaired) electrons. The SMILES string of the molecule is CC(=c1ccc2cc3ccccc3cc2c1=C(c1ccccc1)c1ccccc1)C(F)(F)F. The van der Waals surface area contributed by atoms with Gasteiger partial charge in [0.25, 0.3) is 0 Å². The van der Waals surface area contributed by atoms with Gasteiger partial charge in [-0.25, -0.2) is 0 Å². The maximum atomic E-state index is 14.0. The Morgan fingerprint density at radius 1 is 0.576 bits per heavy atom. The zero-order valence-electron chi connectivity index (χ0n) is 18.0. The van der Waals surface area contributed by atoms with Crippen molar-refractivity contribution in [2.75, 3.05) is 0 Å². The Bertz CT molecular complexity index is 1540. The van der Waals surface area contributed by atoms with Crippen LogP contribution in [0.5, 0.6) is 0 Å². The van der Waals surface area contributed by atoms with E-state index in [-0.39, 0.29) is 5.22 Å². The molecule has 0 amide bonds. The second-order valence-corrected chi connectivity index (χ2v) is 8.14. The highest BCUT2D eigenvalue weighted by atomic mass is 19.4. The van der Waals surface area contributed by atoms with Crippen molar-refractivity contribution >= 4 is 32.7 Å². The third-order valence-corrected chi connectivity index (χ3v) is 6.09. The first kappa shape index (κ1) is 21.0. The second-order valence-electron chi connectivity index (χ2n) is 8.14. The Hall–Kier alpha value is -3.85. The van der Waals surface area contributed by atoms with Crippen LogP contribution in [-0.2, 0) is 0 Å². The molecule has 0 aliphatic rings. The molecule has 0 spiro atoms. The Kier molecular flexibility index (Phi) is 5.26. The lowest BCUT2D eigenvalue weighted by molar-refractivity contribution is -0.0710. The average Bonchev–Trinajstić information content (AvgIpc) is 2.83. The van der Waals surface area contributed by atoms with Gasteiger partial charge in [-0.15, -0.1) is 0 Å². The zero-order valence-corrected chi connectivity index (χ0v) is 18.0. The highest BCUT2D eigenvalue weighted by Gasteiger charge is 2.31. The number of hydrogen-bond donors (Lipinski definition) is 0. The molecule has 0 nitrogen and oxygen atoms in total. The summed E-state index contributed by atoms with van der Waals surface area (Å²) in [5, 5.41) is 4.57. The highest BCUT2D eigenvalue weighted by Crippen LogP contribution is 2.27. The first-order valence-corrected chi connectivity index (χ1v) is 10.8. The molecule has 162 valence electrons. The summed E-state index contributed by atoms with van der Waals surface area (Å²) >= 11 is 0. The Morgan fingerprint density at radius 3 is 1.64 bits per heavy atom. The number of hydrogen-bond acceptors (Lipinski definition) is 0. The molecule has 5 aromatic rings. The molecule has 0 aromatic heterocycles. The van der Waals surface area contributed by atoms with Crippen molar-refractivity contribution in [2.45, 2.75) is 13.1 Å². The van der Waals surface area contributed by atoms with Gasteiger partial charge >= 0.3 is 6.18 Å². The van der Waals surface area contributed by atoms with Crippen molar-refractivity contribution in [3.63, 3.8) is 0 Å². The fourth-order valence-corrected chi connectivity index (χ4v) is 4.41. The monoisotopic (exact) mass is 438 g/mol. The Balaban J connectivity index is 2.12. The molecule has 0 bridgehead atoms. The Morgan fingerprint density at radius 2 is 1.09 bits per heavy atom. The number of fused-ring (bicyclic) bond motifs is 2. The van der Waals surface area contributed by atoms with Crippen molar-refractivity contribution in [1.29, 1.82) is 0 Å². The molecule has 0 aliphatic heterocycles. The first-order chi connectivity index (χ1) is 15.9. The predicted octanol–water partition coefficient (Wildman–Crippen LogP) is 6.97. The van der Waals surface area contributed by atoms with Gasteiger partial charge in [0.2, 0.25) is 0 Å². The predicted molar refractivity (Wildman–Crippen MR) is 130 cm³/mol. The first-order valence-electron chi connectivity index (χ1n) is 10.8. The van der Waals surface area contributed by atoms with E-state index < -0.39 is 11.7 Å². The quantitative estimate of drug-likeness (QED) is 0.261. The van der Waals surface area contributed by atoms with Gasteiger partial charge < -0.3 is 0 Å². The van der Waals surface area contributed by atoms with Crippen LogP contribution in [0, 0.1) is 0 Å². The summed E-state index contributed by atoms with van der Waals surface area (Å²) in [6.07, 6.45) is -4.43. The van der Waals surface area contributed by atoms with Gasteiger partial charge in [0, 0.05) is 5.57 Å².